The maximum Gasteiger partial charge on any atom is 0.280 e. The lowest BCUT2D eigenvalue weighted by molar-refractivity contribution is 0.408. The van der Waals surface area contributed by atoms with Crippen LogP contribution in [0.2, 0.25) is 0 Å². The van der Waals surface area contributed by atoms with E-state index in [0.29, 0.717) is 30.6 Å². The first-order valence-electron chi connectivity index (χ1n) is 10.8. The van der Waals surface area contributed by atoms with Crippen molar-refractivity contribution < 1.29 is 9.13 Å². The molecule has 0 fully saturated rings. The third kappa shape index (κ3) is 3.63. The monoisotopic (exact) mass is 443 g/mol. The molecule has 0 N–H and O–H groups in total. The minimum absolute atomic E-state index is 0.228. The average Bonchev–Trinajstić information content (AvgIpc) is 3.23. The van der Waals surface area contributed by atoms with Gasteiger partial charge in [0.1, 0.15) is 17.1 Å². The molecule has 0 aliphatic rings. The van der Waals surface area contributed by atoms with Crippen LogP contribution < -0.4 is 10.3 Å². The number of hydrogen-bond acceptors (Lipinski definition) is 5. The second kappa shape index (κ2) is 8.46. The van der Waals surface area contributed by atoms with Crippen LogP contribution in [0.1, 0.15) is 18.2 Å². The molecule has 0 aliphatic carbocycles. The number of pyridine rings is 1. The molecule has 0 unspecified atom stereocenters. The fourth-order valence-corrected chi connectivity index (χ4v) is 4.11. The fraction of sp³-hybridized carbons (Fsp3) is 0.200. The number of para-hydroxylation sites is 1. The summed E-state index contributed by atoms with van der Waals surface area (Å²) in [5.74, 6) is 0.489. The lowest BCUT2D eigenvalue weighted by Crippen LogP contribution is -2.22. The van der Waals surface area contributed by atoms with Crippen LogP contribution in [-0.4, -0.2) is 31.5 Å². The van der Waals surface area contributed by atoms with Gasteiger partial charge >= 0.3 is 0 Å². The minimum atomic E-state index is -0.307. The first kappa shape index (κ1) is 20.8. The molecule has 0 saturated heterocycles. The Morgan fingerprint density at radius 3 is 2.58 bits per heavy atom. The van der Waals surface area contributed by atoms with Gasteiger partial charge in [-0.25, -0.2) is 8.91 Å². The molecule has 2 aromatic carbocycles. The van der Waals surface area contributed by atoms with Crippen LogP contribution in [0, 0.1) is 5.82 Å². The van der Waals surface area contributed by atoms with Gasteiger partial charge in [0.25, 0.3) is 5.56 Å². The molecule has 0 amide bonds. The van der Waals surface area contributed by atoms with E-state index in [-0.39, 0.29) is 16.9 Å². The zero-order valence-corrected chi connectivity index (χ0v) is 18.3. The molecule has 0 spiro atoms. The van der Waals surface area contributed by atoms with Gasteiger partial charge < -0.3 is 9.30 Å². The SMILES string of the molecule is CCc1nn2c(nnc3c(=O)n(CCc4ccccc4OC)ccc32)c1-c1ccc(F)cc1. The summed E-state index contributed by atoms with van der Waals surface area (Å²) in [6.07, 6.45) is 3.06. The van der Waals surface area contributed by atoms with E-state index in [1.807, 2.05) is 37.3 Å². The zero-order chi connectivity index (χ0) is 22.9. The molecule has 0 radical (unpaired) electrons. The van der Waals surface area contributed by atoms with Gasteiger partial charge in [0.15, 0.2) is 11.2 Å². The maximum atomic E-state index is 13.4. The van der Waals surface area contributed by atoms with Gasteiger partial charge in [0, 0.05) is 12.7 Å². The molecule has 0 bridgehead atoms. The predicted octanol–water partition coefficient (Wildman–Crippen LogP) is 4.06. The largest absolute Gasteiger partial charge is 0.496 e. The molecule has 3 aromatic heterocycles. The summed E-state index contributed by atoms with van der Waals surface area (Å²) in [4.78, 5) is 13.2. The fourth-order valence-electron chi connectivity index (χ4n) is 4.11. The number of nitrogens with zero attached hydrogens (tertiary/aromatic N) is 5. The third-order valence-corrected chi connectivity index (χ3v) is 5.81. The van der Waals surface area contributed by atoms with Crippen molar-refractivity contribution in [2.75, 3.05) is 7.11 Å². The summed E-state index contributed by atoms with van der Waals surface area (Å²) < 4.78 is 22.1. The Labute approximate surface area is 189 Å². The Morgan fingerprint density at radius 1 is 1.03 bits per heavy atom. The van der Waals surface area contributed by atoms with Crippen LogP contribution in [0.4, 0.5) is 4.39 Å². The first-order valence-corrected chi connectivity index (χ1v) is 10.8. The van der Waals surface area contributed by atoms with E-state index in [4.69, 9.17) is 9.84 Å². The Morgan fingerprint density at radius 2 is 1.82 bits per heavy atom. The second-order valence-electron chi connectivity index (χ2n) is 7.73. The molecule has 0 aliphatic heterocycles. The predicted molar refractivity (Wildman–Crippen MR) is 124 cm³/mol. The molecule has 5 aromatic rings. The van der Waals surface area contributed by atoms with E-state index in [1.165, 1.54) is 12.1 Å². The normalized spacial score (nSPS) is 11.4. The lowest BCUT2D eigenvalue weighted by atomic mass is 10.0. The van der Waals surface area contributed by atoms with Crippen molar-refractivity contribution in [3.05, 3.63) is 88.2 Å². The topological polar surface area (TPSA) is 74.3 Å². The number of halogens is 1. The van der Waals surface area contributed by atoms with Crippen molar-refractivity contribution in [2.45, 2.75) is 26.3 Å². The van der Waals surface area contributed by atoms with Gasteiger partial charge in [-0.3, -0.25) is 4.79 Å². The number of aryl methyl sites for hydroxylation is 3. The Hall–Kier alpha value is -4.07. The molecular weight excluding hydrogens is 421 g/mol. The van der Waals surface area contributed by atoms with E-state index >= 15 is 0 Å². The number of methoxy groups -OCH3 is 1. The van der Waals surface area contributed by atoms with E-state index in [2.05, 4.69) is 10.2 Å². The molecule has 7 nitrogen and oxygen atoms in total. The van der Waals surface area contributed by atoms with Gasteiger partial charge in [-0.05, 0) is 48.2 Å². The summed E-state index contributed by atoms with van der Waals surface area (Å²) >= 11 is 0. The Kier molecular flexibility index (Phi) is 5.34. The summed E-state index contributed by atoms with van der Waals surface area (Å²) in [5.41, 5.74) is 4.59. The number of aromatic nitrogens is 5. The molecule has 0 saturated carbocycles. The molecule has 33 heavy (non-hydrogen) atoms. The number of fused-ring (bicyclic) bond motifs is 3. The van der Waals surface area contributed by atoms with E-state index in [0.717, 1.165) is 28.1 Å². The number of rotatable bonds is 6. The van der Waals surface area contributed by atoms with E-state index < -0.39 is 0 Å². The van der Waals surface area contributed by atoms with Crippen molar-refractivity contribution >= 4 is 16.7 Å². The summed E-state index contributed by atoms with van der Waals surface area (Å²) in [7, 11) is 1.64. The Bertz CT molecular complexity index is 1520. The Balaban J connectivity index is 1.58. The number of hydrogen-bond donors (Lipinski definition) is 0. The molecule has 3 heterocycles. The van der Waals surface area contributed by atoms with E-state index in [1.54, 1.807) is 34.5 Å². The van der Waals surface area contributed by atoms with Crippen molar-refractivity contribution in [1.82, 2.24) is 24.4 Å². The highest BCUT2D eigenvalue weighted by Crippen LogP contribution is 2.29. The second-order valence-corrected chi connectivity index (χ2v) is 7.73. The van der Waals surface area contributed by atoms with Gasteiger partial charge in [0.2, 0.25) is 0 Å². The lowest BCUT2D eigenvalue weighted by Gasteiger charge is -2.10. The molecule has 0 atom stereocenters. The highest BCUT2D eigenvalue weighted by atomic mass is 19.1. The maximum absolute atomic E-state index is 13.4. The molecule has 8 heteroatoms. The van der Waals surface area contributed by atoms with Gasteiger partial charge in [0.05, 0.1) is 18.4 Å². The van der Waals surface area contributed by atoms with Crippen LogP contribution in [0.15, 0.2) is 65.6 Å². The highest BCUT2D eigenvalue weighted by Gasteiger charge is 2.19. The van der Waals surface area contributed by atoms with Crippen molar-refractivity contribution in [1.29, 1.82) is 0 Å². The molecule has 5 rings (SSSR count). The summed E-state index contributed by atoms with van der Waals surface area (Å²) in [5, 5.41) is 13.3. The van der Waals surface area contributed by atoms with Crippen LogP contribution in [0.25, 0.3) is 27.8 Å². The minimum Gasteiger partial charge on any atom is -0.496 e. The van der Waals surface area contributed by atoms with Gasteiger partial charge in [-0.15, -0.1) is 10.2 Å². The number of benzene rings is 2. The van der Waals surface area contributed by atoms with E-state index in [9.17, 15) is 9.18 Å². The van der Waals surface area contributed by atoms with Gasteiger partial charge in [-0.2, -0.15) is 5.10 Å². The van der Waals surface area contributed by atoms with Crippen molar-refractivity contribution in [2.24, 2.45) is 0 Å². The smallest absolute Gasteiger partial charge is 0.280 e. The van der Waals surface area contributed by atoms with Crippen molar-refractivity contribution in [3.63, 3.8) is 0 Å². The van der Waals surface area contributed by atoms with Crippen LogP contribution >= 0.6 is 0 Å². The van der Waals surface area contributed by atoms with Crippen LogP contribution in [-0.2, 0) is 19.4 Å². The molecule has 166 valence electrons. The first-order chi connectivity index (χ1) is 16.1. The van der Waals surface area contributed by atoms with Crippen LogP contribution in [0.3, 0.4) is 0 Å². The standard InChI is InChI=1S/C25H22FN5O2/c1-3-19-22(17-8-10-18(26)11-9-17)24-28-27-23-20(31(24)29-19)13-15-30(25(23)32)14-12-16-6-4-5-7-21(16)33-2/h4-11,13,15H,3,12,14H2,1-2H3. The summed E-state index contributed by atoms with van der Waals surface area (Å²) in [6.45, 7) is 2.48. The van der Waals surface area contributed by atoms with Crippen molar-refractivity contribution in [3.8, 4) is 16.9 Å². The van der Waals surface area contributed by atoms with Gasteiger partial charge in [-0.1, -0.05) is 37.3 Å². The average molecular weight is 443 g/mol. The highest BCUT2D eigenvalue weighted by molar-refractivity contribution is 5.84. The third-order valence-electron chi connectivity index (χ3n) is 5.81. The van der Waals surface area contributed by atoms with Crippen LogP contribution in [0.5, 0.6) is 5.75 Å². The molecular formula is C25H22FN5O2. The number of ether oxygens (including phenoxy) is 1. The summed E-state index contributed by atoms with van der Waals surface area (Å²) in [6, 6.07) is 15.8. The quantitative estimate of drug-likeness (QED) is 0.396. The zero-order valence-electron chi connectivity index (χ0n) is 18.3.